The molecule has 7 nitrogen and oxygen atoms in total. The Morgan fingerprint density at radius 3 is 2.71 bits per heavy atom. The minimum absolute atomic E-state index is 0.123. The third-order valence-electron chi connectivity index (χ3n) is 2.11. The van der Waals surface area contributed by atoms with Crippen LogP contribution in [0.2, 0.25) is 0 Å². The van der Waals surface area contributed by atoms with Crippen molar-refractivity contribution in [3.63, 3.8) is 0 Å². The molecule has 7 heteroatoms. The number of aliphatic hydroxyl groups is 1. The van der Waals surface area contributed by atoms with Gasteiger partial charge in [0.2, 0.25) is 0 Å². The van der Waals surface area contributed by atoms with Gasteiger partial charge in [-0.2, -0.15) is 0 Å². The molecule has 0 aromatic heterocycles. The molecular formula is C7H13N3O4. The standard InChI is InChI=1S/C7H13N3O4/c1-12-7(13-2)6-5(9-10-8)4(11)3-14-6/h4-7,11H,3H2,1-2H3/t4-,5-,6-/m1/s1. The average Bonchev–Trinajstić information content (AvgIpc) is 2.53. The van der Waals surface area contributed by atoms with E-state index < -0.39 is 24.5 Å². The van der Waals surface area contributed by atoms with E-state index in [4.69, 9.17) is 19.7 Å². The van der Waals surface area contributed by atoms with Gasteiger partial charge in [0.1, 0.15) is 6.10 Å². The van der Waals surface area contributed by atoms with Gasteiger partial charge >= 0.3 is 0 Å². The van der Waals surface area contributed by atoms with Gasteiger partial charge in [-0.1, -0.05) is 5.11 Å². The molecule has 1 rings (SSSR count). The highest BCUT2D eigenvalue weighted by Crippen LogP contribution is 2.22. The Kier molecular flexibility index (Phi) is 4.12. The van der Waals surface area contributed by atoms with Gasteiger partial charge in [-0.05, 0) is 5.53 Å². The van der Waals surface area contributed by atoms with Gasteiger partial charge in [0, 0.05) is 19.1 Å². The molecule has 1 N–H and O–H groups in total. The molecule has 80 valence electrons. The minimum Gasteiger partial charge on any atom is -0.390 e. The molecule has 1 aliphatic heterocycles. The Hall–Kier alpha value is -0.850. The Balaban J connectivity index is 2.72. The van der Waals surface area contributed by atoms with Crippen molar-refractivity contribution < 1.29 is 19.3 Å². The van der Waals surface area contributed by atoms with E-state index in [1.54, 1.807) is 0 Å². The highest BCUT2D eigenvalue weighted by Gasteiger charge is 2.41. The summed E-state index contributed by atoms with van der Waals surface area (Å²) in [6, 6.07) is -0.662. The molecule has 0 unspecified atom stereocenters. The van der Waals surface area contributed by atoms with Crippen molar-refractivity contribution in [3.8, 4) is 0 Å². The van der Waals surface area contributed by atoms with Crippen molar-refractivity contribution in [2.45, 2.75) is 24.5 Å². The highest BCUT2D eigenvalue weighted by atomic mass is 16.7. The van der Waals surface area contributed by atoms with Gasteiger partial charge in [-0.15, -0.1) is 0 Å². The summed E-state index contributed by atoms with van der Waals surface area (Å²) >= 11 is 0. The molecule has 0 bridgehead atoms. The van der Waals surface area contributed by atoms with Crippen LogP contribution in [0.5, 0.6) is 0 Å². The second-order valence-electron chi connectivity index (χ2n) is 2.90. The molecule has 0 aromatic rings. The molecule has 1 heterocycles. The number of nitrogens with zero attached hydrogens (tertiary/aromatic N) is 3. The van der Waals surface area contributed by atoms with Crippen molar-refractivity contribution in [1.29, 1.82) is 0 Å². The molecular weight excluding hydrogens is 190 g/mol. The third-order valence-corrected chi connectivity index (χ3v) is 2.11. The van der Waals surface area contributed by atoms with E-state index in [9.17, 15) is 5.11 Å². The quantitative estimate of drug-likeness (QED) is 0.302. The fraction of sp³-hybridized carbons (Fsp3) is 1.00. The first-order chi connectivity index (χ1) is 6.74. The van der Waals surface area contributed by atoms with Crippen LogP contribution in [-0.4, -0.2) is 50.5 Å². The molecule has 0 aliphatic carbocycles. The van der Waals surface area contributed by atoms with E-state index in [0.29, 0.717) is 0 Å². The summed E-state index contributed by atoms with van der Waals surface area (Å²) in [6.45, 7) is 0.123. The van der Waals surface area contributed by atoms with Gasteiger partial charge in [0.25, 0.3) is 0 Å². The monoisotopic (exact) mass is 203 g/mol. The second kappa shape index (κ2) is 5.14. The molecule has 0 aromatic carbocycles. The number of rotatable bonds is 4. The molecule has 0 spiro atoms. The Labute approximate surface area is 81.2 Å². The summed E-state index contributed by atoms with van der Waals surface area (Å²) in [4.78, 5) is 2.64. The predicted octanol–water partition coefficient (Wildman–Crippen LogP) is 0.0439. The maximum Gasteiger partial charge on any atom is 0.183 e. The lowest BCUT2D eigenvalue weighted by Gasteiger charge is -2.23. The van der Waals surface area contributed by atoms with Crippen molar-refractivity contribution in [3.05, 3.63) is 10.4 Å². The molecule has 1 aliphatic rings. The van der Waals surface area contributed by atoms with Crippen molar-refractivity contribution in [2.24, 2.45) is 5.11 Å². The van der Waals surface area contributed by atoms with Crippen LogP contribution in [0.1, 0.15) is 0 Å². The second-order valence-corrected chi connectivity index (χ2v) is 2.90. The maximum absolute atomic E-state index is 9.43. The van der Waals surface area contributed by atoms with Gasteiger partial charge < -0.3 is 19.3 Å². The zero-order valence-corrected chi connectivity index (χ0v) is 8.03. The van der Waals surface area contributed by atoms with E-state index in [0.717, 1.165) is 0 Å². The summed E-state index contributed by atoms with van der Waals surface area (Å²) in [6.07, 6.45) is -2.00. The van der Waals surface area contributed by atoms with Crippen LogP contribution in [0.3, 0.4) is 0 Å². The van der Waals surface area contributed by atoms with E-state index in [1.165, 1.54) is 14.2 Å². The Bertz CT molecular complexity index is 227. The van der Waals surface area contributed by atoms with Crippen LogP contribution in [0.15, 0.2) is 5.11 Å². The summed E-state index contributed by atoms with van der Waals surface area (Å²) in [5, 5.41) is 12.9. The van der Waals surface area contributed by atoms with Crippen LogP contribution in [0, 0.1) is 0 Å². The van der Waals surface area contributed by atoms with Crippen molar-refractivity contribution in [2.75, 3.05) is 20.8 Å². The SMILES string of the molecule is COC(OC)[C@@H]1OC[C@@H](O)[C@H]1N=[N+]=[N-]. The number of aliphatic hydroxyl groups excluding tert-OH is 1. The van der Waals surface area contributed by atoms with Crippen LogP contribution in [0.4, 0.5) is 0 Å². The molecule has 3 atom stereocenters. The van der Waals surface area contributed by atoms with Crippen molar-refractivity contribution >= 4 is 0 Å². The first kappa shape index (κ1) is 11.2. The molecule has 0 radical (unpaired) electrons. The lowest BCUT2D eigenvalue weighted by molar-refractivity contribution is -0.170. The van der Waals surface area contributed by atoms with Gasteiger partial charge in [-0.25, -0.2) is 0 Å². The van der Waals surface area contributed by atoms with E-state index in [-0.39, 0.29) is 6.61 Å². The number of ether oxygens (including phenoxy) is 3. The van der Waals surface area contributed by atoms with E-state index >= 15 is 0 Å². The lowest BCUT2D eigenvalue weighted by Crippen LogP contribution is -2.39. The maximum atomic E-state index is 9.43. The highest BCUT2D eigenvalue weighted by molar-refractivity contribution is 4.91. The fourth-order valence-corrected chi connectivity index (χ4v) is 1.43. The normalized spacial score (nSPS) is 31.9. The van der Waals surface area contributed by atoms with Gasteiger partial charge in [0.15, 0.2) is 6.29 Å². The zero-order valence-electron chi connectivity index (χ0n) is 8.03. The molecule has 0 amide bonds. The lowest BCUT2D eigenvalue weighted by atomic mass is 10.1. The third kappa shape index (κ3) is 2.14. The van der Waals surface area contributed by atoms with E-state index in [2.05, 4.69) is 10.0 Å². The summed E-state index contributed by atoms with van der Waals surface area (Å²) in [7, 11) is 2.91. The predicted molar refractivity (Wildman–Crippen MR) is 46.5 cm³/mol. The van der Waals surface area contributed by atoms with Gasteiger partial charge in [-0.3, -0.25) is 0 Å². The molecule has 1 saturated heterocycles. The van der Waals surface area contributed by atoms with Crippen molar-refractivity contribution in [1.82, 2.24) is 0 Å². The topological polar surface area (TPSA) is 96.7 Å². The van der Waals surface area contributed by atoms with Crippen LogP contribution in [-0.2, 0) is 14.2 Å². The smallest absolute Gasteiger partial charge is 0.183 e. The number of methoxy groups -OCH3 is 2. The molecule has 14 heavy (non-hydrogen) atoms. The fourth-order valence-electron chi connectivity index (χ4n) is 1.43. The van der Waals surface area contributed by atoms with Crippen LogP contribution < -0.4 is 0 Å². The first-order valence-corrected chi connectivity index (χ1v) is 4.14. The zero-order chi connectivity index (χ0) is 10.6. The number of azide groups is 1. The van der Waals surface area contributed by atoms with Crippen LogP contribution >= 0.6 is 0 Å². The Morgan fingerprint density at radius 1 is 1.57 bits per heavy atom. The van der Waals surface area contributed by atoms with Gasteiger partial charge in [0.05, 0.1) is 18.8 Å². The molecule has 0 saturated carbocycles. The molecule has 1 fully saturated rings. The number of hydrogen-bond acceptors (Lipinski definition) is 5. The first-order valence-electron chi connectivity index (χ1n) is 4.14. The average molecular weight is 203 g/mol. The summed E-state index contributed by atoms with van der Waals surface area (Å²) in [5.74, 6) is 0. The van der Waals surface area contributed by atoms with Crippen LogP contribution in [0.25, 0.3) is 10.4 Å². The van der Waals surface area contributed by atoms with E-state index in [1.807, 2.05) is 0 Å². The summed E-state index contributed by atoms with van der Waals surface area (Å²) < 4.78 is 15.1. The summed E-state index contributed by atoms with van der Waals surface area (Å²) in [5.41, 5.74) is 8.30. The minimum atomic E-state index is -0.802. The number of hydrogen-bond donors (Lipinski definition) is 1. The largest absolute Gasteiger partial charge is 0.390 e. The Morgan fingerprint density at radius 2 is 2.21 bits per heavy atom.